The third-order valence-corrected chi connectivity index (χ3v) is 4.93. The molecule has 0 saturated heterocycles. The Balaban J connectivity index is 2.58. The third-order valence-electron chi connectivity index (χ3n) is 4.93. The van der Waals surface area contributed by atoms with E-state index in [1.54, 1.807) is 13.8 Å². The second-order valence-electron chi connectivity index (χ2n) is 8.22. The zero-order chi connectivity index (χ0) is 25.7. The Labute approximate surface area is 199 Å². The van der Waals surface area contributed by atoms with Crippen LogP contribution in [0.25, 0.3) is 0 Å². The lowest BCUT2D eigenvalue weighted by molar-refractivity contribution is -0.132. The molecule has 34 heavy (non-hydrogen) atoms. The number of benzene rings is 1. The molecule has 0 bridgehead atoms. The lowest BCUT2D eigenvalue weighted by Crippen LogP contribution is -2.56. The van der Waals surface area contributed by atoms with Gasteiger partial charge in [0, 0.05) is 6.54 Å². The van der Waals surface area contributed by atoms with E-state index in [4.69, 9.17) is 22.9 Å². The molecule has 0 saturated carbocycles. The molecule has 4 amide bonds. The van der Waals surface area contributed by atoms with E-state index < -0.39 is 41.8 Å². The van der Waals surface area contributed by atoms with E-state index in [1.807, 2.05) is 30.3 Å². The second-order valence-corrected chi connectivity index (χ2v) is 8.22. The van der Waals surface area contributed by atoms with E-state index in [2.05, 4.69) is 20.9 Å². The number of nitrogens with one attached hydrogen (secondary N) is 3. The summed E-state index contributed by atoms with van der Waals surface area (Å²) in [6, 6.07) is 6.54. The van der Waals surface area contributed by atoms with Crippen molar-refractivity contribution in [3.63, 3.8) is 0 Å². The molecule has 12 nitrogen and oxygen atoms in total. The SMILES string of the molecule is CC(C)[C@H](NC(=O)CNC(=O)[C@@H](N)Cc1ccccc1)C(=O)N[C@@H](CCCN=C(N)N)C(N)=O. The highest BCUT2D eigenvalue weighted by Gasteiger charge is 2.28. The van der Waals surface area contributed by atoms with Crippen molar-refractivity contribution in [2.45, 2.75) is 51.2 Å². The maximum absolute atomic E-state index is 12.7. The van der Waals surface area contributed by atoms with Crippen molar-refractivity contribution in [3.8, 4) is 0 Å². The van der Waals surface area contributed by atoms with Crippen LogP contribution in [0.1, 0.15) is 32.3 Å². The molecule has 0 fully saturated rings. The number of rotatable bonds is 14. The number of carbonyl (C=O) groups is 4. The van der Waals surface area contributed by atoms with E-state index >= 15 is 0 Å². The van der Waals surface area contributed by atoms with Gasteiger partial charge in [0.1, 0.15) is 12.1 Å². The molecule has 11 N–H and O–H groups in total. The van der Waals surface area contributed by atoms with Gasteiger partial charge in [0.05, 0.1) is 12.6 Å². The standard InChI is InChI=1S/C22H36N8O4/c1-13(2)18(21(34)29-16(19(24)32)9-6-10-27-22(25)26)30-17(31)12-28-20(33)15(23)11-14-7-4-3-5-8-14/h3-5,7-8,13,15-16,18H,6,9-12,23H2,1-2H3,(H2,24,32)(H,28,33)(H,29,34)(H,30,31)(H4,25,26,27)/t15-,16-,18-/m0/s1. The van der Waals surface area contributed by atoms with Crippen molar-refractivity contribution in [1.82, 2.24) is 16.0 Å². The molecule has 0 aliphatic rings. The van der Waals surface area contributed by atoms with E-state index in [0.717, 1.165) is 5.56 Å². The molecule has 1 aromatic carbocycles. The van der Waals surface area contributed by atoms with Crippen LogP contribution >= 0.6 is 0 Å². The van der Waals surface area contributed by atoms with E-state index in [-0.39, 0.29) is 31.4 Å². The number of aliphatic imine (C=N–C) groups is 1. The van der Waals surface area contributed by atoms with Crippen LogP contribution in [-0.4, -0.2) is 60.8 Å². The Bertz CT molecular complexity index is 856. The van der Waals surface area contributed by atoms with Crippen LogP contribution in [0.5, 0.6) is 0 Å². The van der Waals surface area contributed by atoms with Gasteiger partial charge in [-0.05, 0) is 30.7 Å². The number of hydrogen-bond acceptors (Lipinski definition) is 6. The normalized spacial score (nSPS) is 13.3. The topological polar surface area (TPSA) is 221 Å². The summed E-state index contributed by atoms with van der Waals surface area (Å²) in [5.41, 5.74) is 22.7. The number of nitrogens with two attached hydrogens (primary N) is 4. The monoisotopic (exact) mass is 476 g/mol. The van der Waals surface area contributed by atoms with Crippen LogP contribution in [0.15, 0.2) is 35.3 Å². The zero-order valence-corrected chi connectivity index (χ0v) is 19.6. The quantitative estimate of drug-likeness (QED) is 0.0893. The van der Waals surface area contributed by atoms with Gasteiger partial charge < -0.3 is 38.9 Å². The fraction of sp³-hybridized carbons (Fsp3) is 0.500. The molecule has 3 atom stereocenters. The van der Waals surface area contributed by atoms with E-state index in [9.17, 15) is 19.2 Å². The van der Waals surface area contributed by atoms with Gasteiger partial charge in [0.25, 0.3) is 0 Å². The highest BCUT2D eigenvalue weighted by atomic mass is 16.2. The minimum atomic E-state index is -0.949. The molecule has 1 rings (SSSR count). The van der Waals surface area contributed by atoms with Gasteiger partial charge in [-0.1, -0.05) is 44.2 Å². The van der Waals surface area contributed by atoms with Gasteiger partial charge in [-0.3, -0.25) is 24.2 Å². The fourth-order valence-corrected chi connectivity index (χ4v) is 3.07. The van der Waals surface area contributed by atoms with Crippen LogP contribution in [0.4, 0.5) is 0 Å². The summed E-state index contributed by atoms with van der Waals surface area (Å²) in [6.07, 6.45) is 0.967. The molecular weight excluding hydrogens is 440 g/mol. The minimum absolute atomic E-state index is 0.0737. The van der Waals surface area contributed by atoms with Crippen molar-refractivity contribution >= 4 is 29.6 Å². The van der Waals surface area contributed by atoms with Crippen molar-refractivity contribution in [3.05, 3.63) is 35.9 Å². The largest absolute Gasteiger partial charge is 0.370 e. The number of primary amides is 1. The number of guanidine groups is 1. The van der Waals surface area contributed by atoms with Gasteiger partial charge in [0.2, 0.25) is 23.6 Å². The predicted octanol–water partition coefficient (Wildman–Crippen LogP) is -2.16. The van der Waals surface area contributed by atoms with Crippen molar-refractivity contribution in [2.24, 2.45) is 33.8 Å². The maximum Gasteiger partial charge on any atom is 0.243 e. The average molecular weight is 477 g/mol. The summed E-state index contributed by atoms with van der Waals surface area (Å²) in [5, 5.41) is 7.60. The van der Waals surface area contributed by atoms with Gasteiger partial charge in [-0.2, -0.15) is 0 Å². The Kier molecular flexibility index (Phi) is 12.1. The number of nitrogens with zero attached hydrogens (tertiary/aromatic N) is 1. The van der Waals surface area contributed by atoms with Crippen LogP contribution in [0.3, 0.4) is 0 Å². The highest BCUT2D eigenvalue weighted by Crippen LogP contribution is 2.05. The third kappa shape index (κ3) is 10.8. The maximum atomic E-state index is 12.7. The van der Waals surface area contributed by atoms with Crippen LogP contribution < -0.4 is 38.9 Å². The summed E-state index contributed by atoms with van der Waals surface area (Å²) in [6.45, 7) is 3.39. The first-order valence-corrected chi connectivity index (χ1v) is 11.0. The van der Waals surface area contributed by atoms with E-state index in [1.165, 1.54) is 0 Å². The Morgan fingerprint density at radius 3 is 2.18 bits per heavy atom. The van der Waals surface area contributed by atoms with Crippen molar-refractivity contribution < 1.29 is 19.2 Å². The van der Waals surface area contributed by atoms with Gasteiger partial charge in [-0.25, -0.2) is 0 Å². The van der Waals surface area contributed by atoms with Gasteiger partial charge in [0.15, 0.2) is 5.96 Å². The first-order valence-electron chi connectivity index (χ1n) is 11.0. The molecule has 0 spiro atoms. The minimum Gasteiger partial charge on any atom is -0.370 e. The molecule has 0 aliphatic carbocycles. The smallest absolute Gasteiger partial charge is 0.243 e. The fourth-order valence-electron chi connectivity index (χ4n) is 3.07. The summed E-state index contributed by atoms with van der Waals surface area (Å²) in [7, 11) is 0. The molecule has 0 aliphatic heterocycles. The molecule has 12 heteroatoms. The lowest BCUT2D eigenvalue weighted by Gasteiger charge is -2.24. The highest BCUT2D eigenvalue weighted by molar-refractivity contribution is 5.93. The number of carbonyl (C=O) groups excluding carboxylic acids is 4. The summed E-state index contributed by atoms with van der Waals surface area (Å²) >= 11 is 0. The molecule has 0 heterocycles. The van der Waals surface area contributed by atoms with Gasteiger partial charge >= 0.3 is 0 Å². The summed E-state index contributed by atoms with van der Waals surface area (Å²) < 4.78 is 0. The van der Waals surface area contributed by atoms with Gasteiger partial charge in [-0.15, -0.1) is 0 Å². The van der Waals surface area contributed by atoms with Crippen LogP contribution in [-0.2, 0) is 25.6 Å². The summed E-state index contributed by atoms with van der Waals surface area (Å²) in [5.74, 6) is -2.71. The molecule has 0 radical (unpaired) electrons. The molecule has 0 unspecified atom stereocenters. The van der Waals surface area contributed by atoms with E-state index in [0.29, 0.717) is 12.8 Å². The first kappa shape index (κ1) is 28.4. The Hall–Kier alpha value is -3.67. The average Bonchev–Trinajstić information content (AvgIpc) is 2.77. The van der Waals surface area contributed by atoms with Crippen molar-refractivity contribution in [1.29, 1.82) is 0 Å². The lowest BCUT2D eigenvalue weighted by atomic mass is 10.0. The van der Waals surface area contributed by atoms with Crippen LogP contribution in [0.2, 0.25) is 0 Å². The predicted molar refractivity (Wildman–Crippen MR) is 129 cm³/mol. The van der Waals surface area contributed by atoms with Crippen molar-refractivity contribution in [2.75, 3.05) is 13.1 Å². The van der Waals surface area contributed by atoms with Crippen LogP contribution in [0, 0.1) is 5.92 Å². The first-order chi connectivity index (χ1) is 16.0. The number of amides is 4. The second kappa shape index (κ2) is 14.5. The zero-order valence-electron chi connectivity index (χ0n) is 19.6. The molecular formula is C22H36N8O4. The Morgan fingerprint density at radius 2 is 1.62 bits per heavy atom. The molecule has 1 aromatic rings. The number of hydrogen-bond donors (Lipinski definition) is 7. The molecule has 0 aromatic heterocycles. The Morgan fingerprint density at radius 1 is 0.971 bits per heavy atom. The summed E-state index contributed by atoms with van der Waals surface area (Å²) in [4.78, 5) is 52.8. The molecule has 188 valence electrons.